The van der Waals surface area contributed by atoms with Crippen molar-refractivity contribution >= 4 is 34.3 Å². The number of aliphatic imine (C=N–C) groups is 1. The molecule has 1 aromatic carbocycles. The lowest BCUT2D eigenvalue weighted by Gasteiger charge is -2.45. The summed E-state index contributed by atoms with van der Waals surface area (Å²) < 4.78 is 25.3. The number of phenolic OH excluding ortho intramolecular Hbond substituents is 1. The average molecular weight is 845 g/mol. The van der Waals surface area contributed by atoms with Crippen LogP contribution in [0.1, 0.15) is 94.2 Å². The Morgan fingerprint density at radius 1 is 1.08 bits per heavy atom. The van der Waals surface area contributed by atoms with Crippen molar-refractivity contribution in [1.29, 1.82) is 0 Å². The Kier molecular flexibility index (Phi) is 11.2. The van der Waals surface area contributed by atoms with E-state index in [9.17, 15) is 14.7 Å². The van der Waals surface area contributed by atoms with E-state index < -0.39 is 29.2 Å². The maximum Gasteiger partial charge on any atom is 0.341 e. The van der Waals surface area contributed by atoms with Crippen LogP contribution >= 0.6 is 0 Å². The maximum atomic E-state index is 14.5. The molecule has 0 saturated carbocycles. The van der Waals surface area contributed by atoms with E-state index in [0.717, 1.165) is 66.4 Å². The van der Waals surface area contributed by atoms with Gasteiger partial charge in [-0.3, -0.25) is 14.7 Å². The number of esters is 1. The molecule has 326 valence electrons. The lowest BCUT2D eigenvalue weighted by atomic mass is 9.75. The summed E-state index contributed by atoms with van der Waals surface area (Å²) in [4.78, 5) is 43.2. The largest absolute Gasteiger partial charge is 0.507 e. The smallest absolute Gasteiger partial charge is 0.341 e. The number of carbonyl (C=O) groups excluding carboxylic acids is 1. The van der Waals surface area contributed by atoms with E-state index >= 15 is 0 Å². The molecule has 2 saturated heterocycles. The predicted molar refractivity (Wildman–Crippen MR) is 237 cm³/mol. The zero-order valence-corrected chi connectivity index (χ0v) is 36.3. The standard InChI is InChI=1S/C48H57N7O7/c1-6-7-8-14-52-41-21-31(20-32(53-41)25-55-24-30-12-15-51-35(30)26-55)34-18-28(19-40(49)54-34)9-10-39-48(62-39)13-11-29(23-50-5)17-33-42-38(61-47(3,4)45(33)60-46(48)58)22-37-43(44(42)57)36(56)16-27(2)59-37/h12,15-16,18-22,24,29,33,39,45,50,57H,6-11,13-14,17,23,25-26H2,1-5H3,(H2,49,54)(H,52,53)/p+1/t29-,33+,39+,45-,48-/m1/s1. The molecule has 5 aliphatic rings. The molecule has 9 rings (SSSR count). The van der Waals surface area contributed by atoms with Gasteiger partial charge in [-0.15, -0.1) is 0 Å². The molecule has 0 radical (unpaired) electrons. The number of phenols is 1. The van der Waals surface area contributed by atoms with E-state index in [2.05, 4.69) is 53.0 Å². The van der Waals surface area contributed by atoms with E-state index in [0.29, 0.717) is 68.1 Å². The number of benzene rings is 1. The number of aryl methyl sites for hydroxylation is 2. The number of fused-ring (bicyclic) bond motifs is 5. The van der Waals surface area contributed by atoms with Gasteiger partial charge in [-0.2, -0.15) is 0 Å². The monoisotopic (exact) mass is 844 g/mol. The minimum Gasteiger partial charge on any atom is -0.507 e. The second-order valence-electron chi connectivity index (χ2n) is 18.3. The molecule has 4 aromatic rings. The molecule has 14 nitrogen and oxygen atoms in total. The minimum atomic E-state index is -1.12. The molecule has 0 aliphatic carbocycles. The number of nitrogen functional groups attached to an aromatic ring is 1. The summed E-state index contributed by atoms with van der Waals surface area (Å²) in [5.41, 5.74) is 10.7. The van der Waals surface area contributed by atoms with E-state index in [-0.39, 0.29) is 34.2 Å². The molecule has 14 heteroatoms. The highest BCUT2D eigenvalue weighted by Gasteiger charge is 2.65. The molecule has 1 spiro atoms. The number of ether oxygens (including phenoxy) is 3. The molecular weight excluding hydrogens is 787 g/mol. The zero-order valence-electron chi connectivity index (χ0n) is 36.3. The van der Waals surface area contributed by atoms with Gasteiger partial charge < -0.3 is 40.1 Å². The Labute approximate surface area is 361 Å². The highest BCUT2D eigenvalue weighted by atomic mass is 16.7. The third kappa shape index (κ3) is 8.11. The van der Waals surface area contributed by atoms with Gasteiger partial charge in [-0.1, -0.05) is 19.8 Å². The molecule has 6 N–H and O–H groups in total. The van der Waals surface area contributed by atoms with Gasteiger partial charge >= 0.3 is 5.97 Å². The zero-order chi connectivity index (χ0) is 43.3. The first kappa shape index (κ1) is 41.8. The van der Waals surface area contributed by atoms with Gasteiger partial charge in [0, 0.05) is 41.9 Å². The highest BCUT2D eigenvalue weighted by Crippen LogP contribution is 2.54. The first-order valence-electron chi connectivity index (χ1n) is 22.2. The summed E-state index contributed by atoms with van der Waals surface area (Å²) in [6.07, 6.45) is 11.3. The van der Waals surface area contributed by atoms with Crippen LogP contribution in [0.15, 0.2) is 74.7 Å². The molecule has 1 unspecified atom stereocenters. The van der Waals surface area contributed by atoms with Crippen molar-refractivity contribution in [2.24, 2.45) is 10.9 Å². The Balaban J connectivity index is 0.954. The van der Waals surface area contributed by atoms with E-state index in [1.54, 1.807) is 13.0 Å². The van der Waals surface area contributed by atoms with Gasteiger partial charge in [0.2, 0.25) is 0 Å². The van der Waals surface area contributed by atoms with Crippen LogP contribution in [0.5, 0.6) is 11.5 Å². The van der Waals surface area contributed by atoms with Crippen molar-refractivity contribution in [3.05, 3.63) is 93.3 Å². The minimum absolute atomic E-state index is 0.0927. The fourth-order valence-corrected chi connectivity index (χ4v) is 10.1. The molecule has 2 fully saturated rings. The number of epoxide rings is 1. The number of rotatable bonds is 13. The quantitative estimate of drug-likeness (QED) is 0.0632. The van der Waals surface area contributed by atoms with Gasteiger partial charge in [-0.25, -0.2) is 14.8 Å². The number of carbonyl (C=O) groups is 1. The van der Waals surface area contributed by atoms with Crippen LogP contribution < -0.4 is 31.4 Å². The summed E-state index contributed by atoms with van der Waals surface area (Å²) in [5.74, 6) is 1.11. The number of hydrogen-bond acceptors (Lipinski definition) is 13. The van der Waals surface area contributed by atoms with Crippen molar-refractivity contribution < 1.29 is 33.4 Å². The molecule has 3 aromatic heterocycles. The number of nitrogens with zero attached hydrogens (tertiary/aromatic N) is 3. The van der Waals surface area contributed by atoms with Crippen LogP contribution in [-0.2, 0) is 27.2 Å². The maximum absolute atomic E-state index is 14.5. The van der Waals surface area contributed by atoms with Crippen LogP contribution in [0.25, 0.3) is 22.2 Å². The third-order valence-corrected chi connectivity index (χ3v) is 13.2. The third-order valence-electron chi connectivity index (χ3n) is 13.2. The predicted octanol–water partition coefficient (Wildman–Crippen LogP) is 5.66. The number of nitrogens with one attached hydrogen (secondary N) is 3. The van der Waals surface area contributed by atoms with Crippen molar-refractivity contribution in [3.63, 3.8) is 0 Å². The van der Waals surface area contributed by atoms with Crippen LogP contribution in [0.4, 0.5) is 11.6 Å². The molecule has 0 amide bonds. The molecule has 5 aliphatic heterocycles. The van der Waals surface area contributed by atoms with Crippen molar-refractivity contribution in [2.45, 2.75) is 115 Å². The van der Waals surface area contributed by atoms with Gasteiger partial charge in [-0.05, 0) is 115 Å². The van der Waals surface area contributed by atoms with Crippen LogP contribution in [0.2, 0.25) is 0 Å². The SMILES string of the molecule is CCCCCNc1cc(-c2cc(CC[C@@H]3O[C@]34CC[C@@H](CNC)C[C@H]3c5c(cc6oc(C)cc(=O)c6c5O)OC(C)(C)[C@@H]3OC4=O)cc(N)n2)cc(C[NH+]2C=C3C=CN=C3C2)n1. The average Bonchev–Trinajstić information content (AvgIpc) is 3.52. The molecule has 62 heavy (non-hydrogen) atoms. The van der Waals surface area contributed by atoms with Crippen molar-refractivity contribution in [3.8, 4) is 22.8 Å². The van der Waals surface area contributed by atoms with E-state index in [1.807, 2.05) is 33.2 Å². The number of hydrogen-bond donors (Lipinski definition) is 5. The summed E-state index contributed by atoms with van der Waals surface area (Å²) in [6, 6.07) is 11.2. The molecule has 8 heterocycles. The second kappa shape index (κ2) is 16.6. The van der Waals surface area contributed by atoms with Crippen LogP contribution in [0.3, 0.4) is 0 Å². The number of quaternary nitrogens is 1. The van der Waals surface area contributed by atoms with Gasteiger partial charge in [0.05, 0.1) is 23.1 Å². The Morgan fingerprint density at radius 2 is 1.94 bits per heavy atom. The summed E-state index contributed by atoms with van der Waals surface area (Å²) >= 11 is 0. The van der Waals surface area contributed by atoms with Gasteiger partial charge in [0.25, 0.3) is 0 Å². The lowest BCUT2D eigenvalue weighted by Crippen LogP contribution is -3.05. The Bertz CT molecular complexity index is 2560. The van der Waals surface area contributed by atoms with E-state index in [4.69, 9.17) is 34.3 Å². The summed E-state index contributed by atoms with van der Waals surface area (Å²) in [5, 5.41) is 18.7. The Hall–Kier alpha value is -5.57. The van der Waals surface area contributed by atoms with Gasteiger partial charge in [0.15, 0.2) is 11.0 Å². The normalized spacial score (nSPS) is 25.8. The highest BCUT2D eigenvalue weighted by molar-refractivity contribution is 6.06. The van der Waals surface area contributed by atoms with Crippen molar-refractivity contribution in [2.75, 3.05) is 37.7 Å². The number of pyridine rings is 2. The fraction of sp³-hybridized carbons (Fsp3) is 0.479. The topological polar surface area (TPSA) is 191 Å². The fourth-order valence-electron chi connectivity index (χ4n) is 10.1. The van der Waals surface area contributed by atoms with Crippen LogP contribution in [-0.4, -0.2) is 76.8 Å². The van der Waals surface area contributed by atoms with Crippen LogP contribution in [0, 0.1) is 12.8 Å². The Morgan fingerprint density at radius 3 is 2.74 bits per heavy atom. The molecule has 6 atom stereocenters. The van der Waals surface area contributed by atoms with Crippen molar-refractivity contribution in [1.82, 2.24) is 15.3 Å². The number of allylic oxidation sites excluding steroid dienone is 1. The number of unbranched alkanes of at least 4 members (excludes halogenated alkanes) is 2. The second-order valence-corrected chi connectivity index (χ2v) is 18.3. The number of aromatic hydroxyl groups is 1. The number of nitrogens with two attached hydrogens (primary N) is 1. The summed E-state index contributed by atoms with van der Waals surface area (Å²) in [7, 11) is 1.91. The molecule has 0 bridgehead atoms. The van der Waals surface area contributed by atoms with Gasteiger partial charge in [0.1, 0.15) is 76.6 Å². The molecular formula is C48H58N7O7+. The first-order valence-corrected chi connectivity index (χ1v) is 22.2. The summed E-state index contributed by atoms with van der Waals surface area (Å²) in [6.45, 7) is 10.7. The lowest BCUT2D eigenvalue weighted by molar-refractivity contribution is -0.848. The van der Waals surface area contributed by atoms with E-state index in [1.165, 1.54) is 16.5 Å². The number of aromatic nitrogens is 2. The number of anilines is 2. The first-order chi connectivity index (χ1) is 29.8.